The molecule has 2 bridgehead atoms. The third-order valence-electron chi connectivity index (χ3n) is 5.94. The van der Waals surface area contributed by atoms with Crippen molar-refractivity contribution in [3.05, 3.63) is 54.9 Å². The normalized spacial score (nSPS) is 22.3. The minimum Gasteiger partial charge on any atom is -0.479 e. The number of thiol groups is 1. The van der Waals surface area contributed by atoms with Gasteiger partial charge in [-0.05, 0) is 49.9 Å². The van der Waals surface area contributed by atoms with E-state index in [-0.39, 0.29) is 0 Å². The molecule has 0 amide bonds. The minimum atomic E-state index is 0.427. The van der Waals surface area contributed by atoms with E-state index >= 15 is 0 Å². The van der Waals surface area contributed by atoms with E-state index in [0.29, 0.717) is 17.4 Å². The summed E-state index contributed by atoms with van der Waals surface area (Å²) in [4.78, 5) is 8.49. The van der Waals surface area contributed by atoms with Crippen LogP contribution < -0.4 is 14.8 Å². The molecule has 0 atom stereocenters. The Kier molecular flexibility index (Phi) is 6.72. The molecule has 3 aliphatic rings. The lowest BCUT2D eigenvalue weighted by Gasteiger charge is -2.46. The number of hydrogen-bond acceptors (Lipinski definition) is 7. The molecule has 30 heavy (non-hydrogen) atoms. The third-order valence-corrected chi connectivity index (χ3v) is 6.10. The Bertz CT molecular complexity index is 942. The van der Waals surface area contributed by atoms with Crippen LogP contribution in [0.25, 0.3) is 10.9 Å². The molecular formula is C23H28N4O2S. The summed E-state index contributed by atoms with van der Waals surface area (Å²) in [6, 6.07) is 13.9. The van der Waals surface area contributed by atoms with Crippen molar-refractivity contribution in [3.8, 4) is 5.88 Å². The van der Waals surface area contributed by atoms with Crippen LogP contribution >= 0.6 is 12.8 Å². The molecule has 6 nitrogen and oxygen atoms in total. The quantitative estimate of drug-likeness (QED) is 0.513. The highest BCUT2D eigenvalue weighted by Gasteiger charge is 2.40. The lowest BCUT2D eigenvalue weighted by Crippen LogP contribution is -2.46. The molecule has 2 aliphatic heterocycles. The maximum atomic E-state index is 5.66. The molecule has 7 heteroatoms. The fourth-order valence-corrected chi connectivity index (χ4v) is 4.53. The number of anilines is 2. The summed E-state index contributed by atoms with van der Waals surface area (Å²) < 4.78 is 13.9. The Morgan fingerprint density at radius 2 is 1.87 bits per heavy atom. The Hall–Kier alpha value is -2.35. The van der Waals surface area contributed by atoms with Gasteiger partial charge in [0.05, 0.1) is 19.8 Å². The predicted molar refractivity (Wildman–Crippen MR) is 123 cm³/mol. The molecule has 1 aromatic carbocycles. The Labute approximate surface area is 183 Å². The summed E-state index contributed by atoms with van der Waals surface area (Å²) in [5.41, 5.74) is 3.20. The number of benzene rings is 1. The van der Waals surface area contributed by atoms with Gasteiger partial charge in [-0.2, -0.15) is 0 Å². The SMILES string of the molecule is COc1nccc2c(Nc3ccccc3)ccnc12.SNCC12CCC(CC1)OC2. The van der Waals surface area contributed by atoms with E-state index in [1.165, 1.54) is 25.7 Å². The van der Waals surface area contributed by atoms with E-state index in [1.54, 1.807) is 19.5 Å². The van der Waals surface area contributed by atoms with Crippen molar-refractivity contribution in [1.29, 1.82) is 0 Å². The molecule has 158 valence electrons. The summed E-state index contributed by atoms with van der Waals surface area (Å²) in [6.45, 7) is 1.95. The van der Waals surface area contributed by atoms with Gasteiger partial charge in [-0.25, -0.2) is 4.98 Å². The van der Waals surface area contributed by atoms with E-state index in [4.69, 9.17) is 9.47 Å². The van der Waals surface area contributed by atoms with Crippen LogP contribution in [0.15, 0.2) is 54.9 Å². The summed E-state index contributed by atoms with van der Waals surface area (Å²) >= 11 is 4.05. The average Bonchev–Trinajstić information content (AvgIpc) is 2.81. The zero-order valence-corrected chi connectivity index (χ0v) is 18.1. The average molecular weight is 425 g/mol. The molecule has 1 aliphatic carbocycles. The second kappa shape index (κ2) is 9.64. The number of ether oxygens (including phenoxy) is 2. The van der Waals surface area contributed by atoms with Crippen LogP contribution in [0.3, 0.4) is 0 Å². The Morgan fingerprint density at radius 3 is 2.53 bits per heavy atom. The zero-order chi connectivity index (χ0) is 20.8. The number of aromatic nitrogens is 2. The number of nitrogens with one attached hydrogen (secondary N) is 2. The van der Waals surface area contributed by atoms with Gasteiger partial charge >= 0.3 is 0 Å². The molecule has 2 aromatic heterocycles. The van der Waals surface area contributed by atoms with E-state index in [9.17, 15) is 0 Å². The van der Waals surface area contributed by atoms with Crippen LogP contribution in [0.2, 0.25) is 0 Å². The van der Waals surface area contributed by atoms with Gasteiger partial charge in [0.15, 0.2) is 0 Å². The number of fused-ring (bicyclic) bond motifs is 4. The van der Waals surface area contributed by atoms with Crippen molar-refractivity contribution in [2.75, 3.05) is 25.6 Å². The zero-order valence-electron chi connectivity index (χ0n) is 17.2. The number of para-hydroxylation sites is 1. The number of rotatable bonds is 5. The Morgan fingerprint density at radius 1 is 1.10 bits per heavy atom. The summed E-state index contributed by atoms with van der Waals surface area (Å²) in [5.74, 6) is 0.536. The number of nitrogens with zero attached hydrogens (tertiary/aromatic N) is 2. The number of pyridine rings is 2. The molecule has 4 heterocycles. The third kappa shape index (κ3) is 4.69. The van der Waals surface area contributed by atoms with Crippen LogP contribution in [-0.2, 0) is 4.74 Å². The van der Waals surface area contributed by atoms with Crippen LogP contribution in [0, 0.1) is 5.41 Å². The van der Waals surface area contributed by atoms with E-state index < -0.39 is 0 Å². The minimum absolute atomic E-state index is 0.427. The van der Waals surface area contributed by atoms with E-state index in [1.807, 2.05) is 42.5 Å². The first-order chi connectivity index (χ1) is 14.7. The molecule has 0 radical (unpaired) electrons. The van der Waals surface area contributed by atoms with Gasteiger partial charge in [0.25, 0.3) is 0 Å². The molecule has 2 saturated heterocycles. The smallest absolute Gasteiger partial charge is 0.240 e. The fraction of sp³-hybridized carbons (Fsp3) is 0.391. The van der Waals surface area contributed by atoms with Gasteiger partial charge in [-0.15, -0.1) is 0 Å². The highest BCUT2D eigenvalue weighted by atomic mass is 32.1. The summed E-state index contributed by atoms with van der Waals surface area (Å²) in [6.07, 6.45) is 9.22. The molecule has 3 aromatic rings. The van der Waals surface area contributed by atoms with Crippen LogP contribution in [0.5, 0.6) is 5.88 Å². The molecule has 6 rings (SSSR count). The van der Waals surface area contributed by atoms with Crippen molar-refractivity contribution >= 4 is 35.1 Å². The van der Waals surface area contributed by atoms with Gasteiger partial charge < -0.3 is 14.8 Å². The standard InChI is InChI=1S/C15H13N3O.C8H15NOS/c1-19-15-14-12(7-9-17-15)13(8-10-16-14)18-11-5-3-2-4-6-11;11-9-5-8-3-1-7(2-4-8)10-6-8/h2-10H,1H3,(H,16,18);7,9,11H,1-6H2. The van der Waals surface area contributed by atoms with E-state index in [0.717, 1.165) is 35.4 Å². The van der Waals surface area contributed by atoms with Crippen LogP contribution in [0.1, 0.15) is 25.7 Å². The second-order valence-corrected chi connectivity index (χ2v) is 8.23. The van der Waals surface area contributed by atoms with Gasteiger partial charge in [0.1, 0.15) is 5.52 Å². The highest BCUT2D eigenvalue weighted by molar-refractivity contribution is 7.78. The van der Waals surface area contributed by atoms with Crippen molar-refractivity contribution < 1.29 is 9.47 Å². The Balaban J connectivity index is 0.000000168. The maximum Gasteiger partial charge on any atom is 0.240 e. The largest absolute Gasteiger partial charge is 0.479 e. The van der Waals surface area contributed by atoms with Gasteiger partial charge in [0, 0.05) is 41.1 Å². The first kappa shape index (κ1) is 20.9. The molecule has 0 spiro atoms. The van der Waals surface area contributed by atoms with Crippen LogP contribution in [-0.4, -0.2) is 36.3 Å². The molecule has 0 unspecified atom stereocenters. The molecule has 1 saturated carbocycles. The van der Waals surface area contributed by atoms with E-state index in [2.05, 4.69) is 32.8 Å². The van der Waals surface area contributed by atoms with Gasteiger partial charge in [-0.3, -0.25) is 9.71 Å². The number of methoxy groups -OCH3 is 1. The molecule has 2 N–H and O–H groups in total. The van der Waals surface area contributed by atoms with Gasteiger partial charge in [0.2, 0.25) is 5.88 Å². The van der Waals surface area contributed by atoms with Crippen LogP contribution in [0.4, 0.5) is 11.4 Å². The van der Waals surface area contributed by atoms with Crippen molar-refractivity contribution in [3.63, 3.8) is 0 Å². The lowest BCUT2D eigenvalue weighted by molar-refractivity contribution is -0.111. The fourth-order valence-electron chi connectivity index (χ4n) is 4.19. The monoisotopic (exact) mass is 424 g/mol. The first-order valence-corrected chi connectivity index (χ1v) is 10.8. The first-order valence-electron chi connectivity index (χ1n) is 10.3. The maximum absolute atomic E-state index is 5.66. The summed E-state index contributed by atoms with van der Waals surface area (Å²) in [7, 11) is 1.60. The molecule has 3 fully saturated rings. The summed E-state index contributed by atoms with van der Waals surface area (Å²) in [5, 5.41) is 4.36. The molecular weight excluding hydrogens is 396 g/mol. The number of hydrogen-bond donors (Lipinski definition) is 3. The van der Waals surface area contributed by atoms with Crippen molar-refractivity contribution in [2.24, 2.45) is 5.41 Å². The van der Waals surface area contributed by atoms with Crippen molar-refractivity contribution in [2.45, 2.75) is 31.8 Å². The van der Waals surface area contributed by atoms with Crippen molar-refractivity contribution in [1.82, 2.24) is 14.7 Å². The highest BCUT2D eigenvalue weighted by Crippen LogP contribution is 2.42. The predicted octanol–water partition coefficient (Wildman–Crippen LogP) is 4.76. The topological polar surface area (TPSA) is 68.3 Å². The second-order valence-electron chi connectivity index (χ2n) is 7.91. The lowest BCUT2D eigenvalue weighted by atomic mass is 9.71. The van der Waals surface area contributed by atoms with Gasteiger partial charge in [-0.1, -0.05) is 31.0 Å².